The molecular formula is C17H29NO. The second-order valence-corrected chi connectivity index (χ2v) is 5.64. The van der Waals surface area contributed by atoms with Crippen molar-refractivity contribution in [2.24, 2.45) is 5.73 Å². The van der Waals surface area contributed by atoms with E-state index in [0.717, 1.165) is 17.7 Å². The summed E-state index contributed by atoms with van der Waals surface area (Å²) in [6.45, 7) is 4.36. The topological polar surface area (TPSA) is 35.2 Å². The highest BCUT2D eigenvalue weighted by atomic mass is 16.5. The molecule has 0 aliphatic carbocycles. The molecule has 1 unspecified atom stereocenters. The number of para-hydroxylation sites is 1. The Bertz CT molecular complexity index is 360. The molecule has 0 fully saturated rings. The Morgan fingerprint density at radius 1 is 1.05 bits per heavy atom. The predicted molar refractivity (Wildman–Crippen MR) is 82.5 cm³/mol. The van der Waals surface area contributed by atoms with Crippen LogP contribution in [0.2, 0.25) is 0 Å². The van der Waals surface area contributed by atoms with Crippen molar-refractivity contribution < 1.29 is 4.74 Å². The Morgan fingerprint density at radius 3 is 2.37 bits per heavy atom. The van der Waals surface area contributed by atoms with Crippen molar-refractivity contribution in [2.45, 2.75) is 64.3 Å². The van der Waals surface area contributed by atoms with Crippen LogP contribution in [0.5, 0.6) is 5.75 Å². The van der Waals surface area contributed by atoms with Gasteiger partial charge in [0.2, 0.25) is 0 Å². The quantitative estimate of drug-likeness (QED) is 0.660. The number of ether oxygens (including phenoxy) is 1. The average molecular weight is 263 g/mol. The molecule has 19 heavy (non-hydrogen) atoms. The molecule has 1 aromatic rings. The van der Waals surface area contributed by atoms with E-state index >= 15 is 0 Å². The summed E-state index contributed by atoms with van der Waals surface area (Å²) in [6, 6.07) is 8.09. The maximum absolute atomic E-state index is 6.48. The number of benzene rings is 1. The predicted octanol–water partition coefficient (Wildman–Crippen LogP) is 4.62. The van der Waals surface area contributed by atoms with Gasteiger partial charge >= 0.3 is 0 Å². The zero-order valence-corrected chi connectivity index (χ0v) is 12.7. The fraction of sp³-hybridized carbons (Fsp3) is 0.647. The van der Waals surface area contributed by atoms with Crippen molar-refractivity contribution in [2.75, 3.05) is 7.11 Å². The van der Waals surface area contributed by atoms with Crippen molar-refractivity contribution in [3.8, 4) is 5.75 Å². The van der Waals surface area contributed by atoms with Crippen molar-refractivity contribution in [3.63, 3.8) is 0 Å². The van der Waals surface area contributed by atoms with Gasteiger partial charge in [-0.2, -0.15) is 0 Å². The smallest absolute Gasteiger partial charge is 0.123 e. The lowest BCUT2D eigenvalue weighted by Crippen LogP contribution is -2.33. The Hall–Kier alpha value is -1.02. The monoisotopic (exact) mass is 263 g/mol. The zero-order chi connectivity index (χ0) is 14.1. The molecule has 0 aliphatic rings. The number of unbranched alkanes of at least 4 members (excludes halogenated alkanes) is 5. The molecular weight excluding hydrogens is 234 g/mol. The molecule has 108 valence electrons. The van der Waals surface area contributed by atoms with Crippen LogP contribution >= 0.6 is 0 Å². The highest BCUT2D eigenvalue weighted by Crippen LogP contribution is 2.31. The first-order valence-corrected chi connectivity index (χ1v) is 7.54. The van der Waals surface area contributed by atoms with Crippen molar-refractivity contribution in [1.29, 1.82) is 0 Å². The molecule has 2 nitrogen and oxygen atoms in total. The molecule has 1 rings (SSSR count). The first-order chi connectivity index (χ1) is 9.11. The van der Waals surface area contributed by atoms with E-state index in [2.05, 4.69) is 19.9 Å². The van der Waals surface area contributed by atoms with Crippen LogP contribution in [0, 0.1) is 0 Å². The summed E-state index contributed by atoms with van der Waals surface area (Å²) in [4.78, 5) is 0. The van der Waals surface area contributed by atoms with Crippen LogP contribution in [0.1, 0.15) is 64.4 Å². The SMILES string of the molecule is CCCCCCCCC(C)(N)c1ccccc1OC. The molecule has 1 atom stereocenters. The van der Waals surface area contributed by atoms with Crippen LogP contribution in [0.25, 0.3) is 0 Å². The molecule has 0 bridgehead atoms. The van der Waals surface area contributed by atoms with E-state index in [9.17, 15) is 0 Å². The third-order valence-electron chi connectivity index (χ3n) is 3.77. The van der Waals surface area contributed by atoms with Crippen molar-refractivity contribution in [1.82, 2.24) is 0 Å². The largest absolute Gasteiger partial charge is 0.496 e. The van der Waals surface area contributed by atoms with Crippen LogP contribution in [0.15, 0.2) is 24.3 Å². The molecule has 0 aromatic heterocycles. The molecule has 0 spiro atoms. The van der Waals surface area contributed by atoms with Crippen molar-refractivity contribution >= 4 is 0 Å². The van der Waals surface area contributed by atoms with E-state index < -0.39 is 0 Å². The van der Waals surface area contributed by atoms with Gasteiger partial charge in [0, 0.05) is 11.1 Å². The molecule has 0 saturated carbocycles. The van der Waals surface area contributed by atoms with Crippen LogP contribution in [0.3, 0.4) is 0 Å². The summed E-state index contributed by atoms with van der Waals surface area (Å²) in [5, 5.41) is 0. The van der Waals surface area contributed by atoms with Gasteiger partial charge in [-0.25, -0.2) is 0 Å². The van der Waals surface area contributed by atoms with Gasteiger partial charge in [-0.05, 0) is 19.4 Å². The first kappa shape index (κ1) is 16.0. The van der Waals surface area contributed by atoms with Gasteiger partial charge in [0.1, 0.15) is 5.75 Å². The van der Waals surface area contributed by atoms with Gasteiger partial charge in [-0.15, -0.1) is 0 Å². The Balaban J connectivity index is 2.46. The number of methoxy groups -OCH3 is 1. The van der Waals surface area contributed by atoms with Gasteiger partial charge < -0.3 is 10.5 Å². The molecule has 1 aromatic carbocycles. The highest BCUT2D eigenvalue weighted by Gasteiger charge is 2.23. The van der Waals surface area contributed by atoms with Crippen LogP contribution in [-0.4, -0.2) is 7.11 Å². The van der Waals surface area contributed by atoms with Gasteiger partial charge in [0.15, 0.2) is 0 Å². The van der Waals surface area contributed by atoms with Crippen LogP contribution < -0.4 is 10.5 Å². The number of hydrogen-bond acceptors (Lipinski definition) is 2. The standard InChI is InChI=1S/C17H29NO/c1-4-5-6-7-8-11-14-17(2,18)15-12-9-10-13-16(15)19-3/h9-10,12-13H,4-8,11,14,18H2,1-3H3. The lowest BCUT2D eigenvalue weighted by Gasteiger charge is -2.27. The lowest BCUT2D eigenvalue weighted by molar-refractivity contribution is 0.370. The van der Waals surface area contributed by atoms with Gasteiger partial charge in [-0.1, -0.05) is 63.6 Å². The third kappa shape index (κ3) is 5.23. The summed E-state index contributed by atoms with van der Waals surface area (Å²) in [7, 11) is 1.71. The third-order valence-corrected chi connectivity index (χ3v) is 3.77. The summed E-state index contributed by atoms with van der Waals surface area (Å²) in [5.41, 5.74) is 7.30. The summed E-state index contributed by atoms with van der Waals surface area (Å²) < 4.78 is 5.41. The van der Waals surface area contributed by atoms with Gasteiger partial charge in [0.05, 0.1) is 7.11 Å². The van der Waals surface area contributed by atoms with E-state index in [1.54, 1.807) is 7.11 Å². The lowest BCUT2D eigenvalue weighted by atomic mass is 9.87. The zero-order valence-electron chi connectivity index (χ0n) is 12.7. The number of hydrogen-bond donors (Lipinski definition) is 1. The minimum absolute atomic E-state index is 0.294. The number of rotatable bonds is 9. The van der Waals surface area contributed by atoms with E-state index in [1.165, 1.54) is 38.5 Å². The molecule has 0 amide bonds. The Morgan fingerprint density at radius 2 is 1.68 bits per heavy atom. The summed E-state index contributed by atoms with van der Waals surface area (Å²) in [5.74, 6) is 0.901. The second kappa shape index (κ2) is 8.21. The molecule has 0 heterocycles. The highest BCUT2D eigenvalue weighted by molar-refractivity contribution is 5.38. The molecule has 2 N–H and O–H groups in total. The van der Waals surface area contributed by atoms with Crippen molar-refractivity contribution in [3.05, 3.63) is 29.8 Å². The minimum atomic E-state index is -0.294. The Kier molecular flexibility index (Phi) is 6.93. The fourth-order valence-electron chi connectivity index (χ4n) is 2.52. The van der Waals surface area contributed by atoms with E-state index in [0.29, 0.717) is 0 Å². The van der Waals surface area contributed by atoms with E-state index in [1.807, 2.05) is 18.2 Å². The van der Waals surface area contributed by atoms with Gasteiger partial charge in [0.25, 0.3) is 0 Å². The fourth-order valence-corrected chi connectivity index (χ4v) is 2.52. The number of nitrogens with two attached hydrogens (primary N) is 1. The molecule has 0 saturated heterocycles. The van der Waals surface area contributed by atoms with E-state index in [4.69, 9.17) is 10.5 Å². The maximum Gasteiger partial charge on any atom is 0.123 e. The summed E-state index contributed by atoms with van der Waals surface area (Å²) >= 11 is 0. The van der Waals surface area contributed by atoms with Gasteiger partial charge in [-0.3, -0.25) is 0 Å². The Labute approximate surface area is 118 Å². The first-order valence-electron chi connectivity index (χ1n) is 7.54. The normalized spacial score (nSPS) is 14.1. The second-order valence-electron chi connectivity index (χ2n) is 5.64. The maximum atomic E-state index is 6.48. The minimum Gasteiger partial charge on any atom is -0.496 e. The molecule has 0 aliphatic heterocycles. The van der Waals surface area contributed by atoms with E-state index in [-0.39, 0.29) is 5.54 Å². The van der Waals surface area contributed by atoms with Crippen LogP contribution in [0.4, 0.5) is 0 Å². The molecule has 0 radical (unpaired) electrons. The molecule has 2 heteroatoms. The average Bonchev–Trinajstić information content (AvgIpc) is 2.42. The summed E-state index contributed by atoms with van der Waals surface area (Å²) in [6.07, 6.45) is 8.82. The van der Waals surface area contributed by atoms with Crippen LogP contribution in [-0.2, 0) is 5.54 Å².